The largest absolute Gasteiger partial charge is 0.297 e. The molecule has 0 aliphatic heterocycles. The molecule has 0 aliphatic rings. The van der Waals surface area contributed by atoms with Gasteiger partial charge in [0, 0.05) is 11.8 Å². The van der Waals surface area contributed by atoms with Crippen LogP contribution in [-0.2, 0) is 0 Å². The van der Waals surface area contributed by atoms with Crippen LogP contribution < -0.4 is 0 Å². The van der Waals surface area contributed by atoms with Crippen molar-refractivity contribution in [1.29, 1.82) is 0 Å². The summed E-state index contributed by atoms with van der Waals surface area (Å²) in [7, 11) is -0.965. The fourth-order valence-electron chi connectivity index (χ4n) is 1.23. The first-order valence-electron chi connectivity index (χ1n) is 5.12. The van der Waals surface area contributed by atoms with E-state index in [1.54, 1.807) is 0 Å². The molecule has 0 saturated heterocycles. The maximum Gasteiger partial charge on any atom is 0.108 e. The average Bonchev–Trinajstić information content (AvgIpc) is 1.98. The summed E-state index contributed by atoms with van der Waals surface area (Å²) in [6, 6.07) is 0. The van der Waals surface area contributed by atoms with Crippen molar-refractivity contribution < 1.29 is 0 Å². The monoisotopic (exact) mass is 217 g/mol. The van der Waals surface area contributed by atoms with Crippen LogP contribution in [0.4, 0.5) is 0 Å². The van der Waals surface area contributed by atoms with Gasteiger partial charge in [-0.15, -0.1) is 0 Å². The lowest BCUT2D eigenvalue weighted by Crippen LogP contribution is -2.22. The molecule has 0 amide bonds. The Bertz CT molecular complexity index is 151. The zero-order valence-electron chi connectivity index (χ0n) is 9.63. The first-order valence-corrected chi connectivity index (χ1v) is 10.2. The lowest BCUT2D eigenvalue weighted by molar-refractivity contribution is 0.748. The molecular formula is C10H23NSSi. The highest BCUT2D eigenvalue weighted by Gasteiger charge is 2.19. The van der Waals surface area contributed by atoms with E-state index in [9.17, 15) is 0 Å². The van der Waals surface area contributed by atoms with E-state index < -0.39 is 7.22 Å². The minimum atomic E-state index is -0.965. The fraction of sp³-hybridized carbons (Fsp3) is 0.900. The molecule has 1 atom stereocenters. The summed E-state index contributed by atoms with van der Waals surface area (Å²) < 4.78 is 0. The Balaban J connectivity index is 3.93. The molecule has 0 aromatic rings. The zero-order valence-corrected chi connectivity index (χ0v) is 11.4. The highest BCUT2D eigenvalue weighted by atomic mass is 32.4. The Morgan fingerprint density at radius 1 is 1.38 bits per heavy atom. The molecule has 78 valence electrons. The van der Waals surface area contributed by atoms with E-state index in [0.29, 0.717) is 0 Å². The molecular weight excluding hydrogens is 194 g/mol. The third-order valence-corrected chi connectivity index (χ3v) is 6.17. The second-order valence-corrected chi connectivity index (χ2v) is 13.8. The smallest absolute Gasteiger partial charge is 0.108 e. The Morgan fingerprint density at radius 3 is 2.38 bits per heavy atom. The van der Waals surface area contributed by atoms with Crippen LogP contribution in [0.25, 0.3) is 0 Å². The number of nitrogens with zero attached hydrogens (tertiary/aromatic N) is 1. The second kappa shape index (κ2) is 6.66. The molecule has 13 heavy (non-hydrogen) atoms. The predicted molar refractivity (Wildman–Crippen MR) is 68.7 cm³/mol. The van der Waals surface area contributed by atoms with Gasteiger partial charge in [0.25, 0.3) is 0 Å². The standard InChI is InChI=1S/C10H23NSSi/c1-6-8-10(9-11-7-2)12-13(3,4)5/h7,10H,6,8-9H2,1-5H3. The maximum absolute atomic E-state index is 4.35. The van der Waals surface area contributed by atoms with E-state index in [-0.39, 0.29) is 0 Å². The van der Waals surface area contributed by atoms with Gasteiger partial charge in [0.1, 0.15) is 7.22 Å². The number of aliphatic imine (C=N–C) groups is 1. The van der Waals surface area contributed by atoms with Crippen molar-refractivity contribution >= 4 is 24.6 Å². The van der Waals surface area contributed by atoms with Gasteiger partial charge in [-0.05, 0) is 19.6 Å². The van der Waals surface area contributed by atoms with Gasteiger partial charge in [-0.2, -0.15) is 11.2 Å². The molecule has 0 N–H and O–H groups in total. The number of hydrogen-bond donors (Lipinski definition) is 0. The van der Waals surface area contributed by atoms with Gasteiger partial charge in [0.2, 0.25) is 0 Å². The summed E-state index contributed by atoms with van der Waals surface area (Å²) in [5.41, 5.74) is 0. The van der Waals surface area contributed by atoms with E-state index in [1.807, 2.05) is 13.1 Å². The van der Waals surface area contributed by atoms with Crippen molar-refractivity contribution in [2.75, 3.05) is 6.54 Å². The van der Waals surface area contributed by atoms with Gasteiger partial charge >= 0.3 is 0 Å². The van der Waals surface area contributed by atoms with Crippen LogP contribution in [-0.4, -0.2) is 25.2 Å². The van der Waals surface area contributed by atoms with Gasteiger partial charge in [-0.3, -0.25) is 4.99 Å². The molecule has 0 rings (SSSR count). The van der Waals surface area contributed by atoms with Crippen molar-refractivity contribution in [1.82, 2.24) is 0 Å². The molecule has 3 heteroatoms. The summed E-state index contributed by atoms with van der Waals surface area (Å²) in [4.78, 5) is 4.35. The van der Waals surface area contributed by atoms with Crippen molar-refractivity contribution in [3.05, 3.63) is 0 Å². The molecule has 0 aromatic heterocycles. The Labute approximate surface area is 88.1 Å². The normalized spacial score (nSPS) is 15.2. The molecule has 1 unspecified atom stereocenters. The molecule has 0 aliphatic carbocycles. The van der Waals surface area contributed by atoms with Crippen molar-refractivity contribution in [2.45, 2.75) is 51.6 Å². The number of rotatable bonds is 6. The Morgan fingerprint density at radius 2 is 2.00 bits per heavy atom. The van der Waals surface area contributed by atoms with Crippen molar-refractivity contribution in [3.8, 4) is 0 Å². The molecule has 0 aromatic carbocycles. The minimum absolute atomic E-state index is 0.757. The molecule has 0 bridgehead atoms. The van der Waals surface area contributed by atoms with Crippen LogP contribution in [0.2, 0.25) is 19.6 Å². The van der Waals surface area contributed by atoms with E-state index in [2.05, 4.69) is 42.8 Å². The van der Waals surface area contributed by atoms with Crippen LogP contribution in [0.1, 0.15) is 26.7 Å². The van der Waals surface area contributed by atoms with E-state index >= 15 is 0 Å². The summed E-state index contributed by atoms with van der Waals surface area (Å²) in [6.45, 7) is 12.5. The first-order chi connectivity index (χ1) is 5.99. The lowest BCUT2D eigenvalue weighted by Gasteiger charge is -2.22. The van der Waals surface area contributed by atoms with Gasteiger partial charge in [0.05, 0.1) is 0 Å². The second-order valence-electron chi connectivity index (χ2n) is 4.26. The van der Waals surface area contributed by atoms with Crippen molar-refractivity contribution in [3.63, 3.8) is 0 Å². The maximum atomic E-state index is 4.35. The summed E-state index contributed by atoms with van der Waals surface area (Å²) in [5, 5.41) is 0.757. The predicted octanol–water partition coefficient (Wildman–Crippen LogP) is 3.81. The Hall–Kier alpha value is 0.237. The summed E-state index contributed by atoms with van der Waals surface area (Å²) in [5.74, 6) is 0. The van der Waals surface area contributed by atoms with Gasteiger partial charge < -0.3 is 0 Å². The molecule has 0 heterocycles. The number of hydrogen-bond acceptors (Lipinski definition) is 2. The zero-order chi connectivity index (χ0) is 10.3. The third kappa shape index (κ3) is 8.56. The quantitative estimate of drug-likeness (QED) is 0.487. The summed E-state index contributed by atoms with van der Waals surface area (Å²) in [6.07, 6.45) is 4.51. The highest BCUT2D eigenvalue weighted by Crippen LogP contribution is 2.27. The molecule has 0 fully saturated rings. The van der Waals surface area contributed by atoms with E-state index in [4.69, 9.17) is 0 Å². The molecule has 0 spiro atoms. The topological polar surface area (TPSA) is 12.4 Å². The molecule has 1 nitrogen and oxygen atoms in total. The van der Waals surface area contributed by atoms with Gasteiger partial charge in [-0.1, -0.05) is 33.0 Å². The van der Waals surface area contributed by atoms with E-state index in [1.165, 1.54) is 12.8 Å². The minimum Gasteiger partial charge on any atom is -0.297 e. The van der Waals surface area contributed by atoms with E-state index in [0.717, 1.165) is 11.8 Å². The lowest BCUT2D eigenvalue weighted by atomic mass is 10.2. The first kappa shape index (κ1) is 13.2. The SMILES string of the molecule is CC=NCC(CCC)S[Si](C)(C)C. The van der Waals surface area contributed by atoms with Gasteiger partial charge in [0.15, 0.2) is 0 Å². The van der Waals surface area contributed by atoms with Crippen LogP contribution >= 0.6 is 11.2 Å². The highest BCUT2D eigenvalue weighted by molar-refractivity contribution is 8.29. The molecule has 0 radical (unpaired) electrons. The fourth-order valence-corrected chi connectivity index (χ4v) is 6.32. The third-order valence-electron chi connectivity index (χ3n) is 1.62. The van der Waals surface area contributed by atoms with Gasteiger partial charge in [-0.25, -0.2) is 0 Å². The van der Waals surface area contributed by atoms with Crippen LogP contribution in [0, 0.1) is 0 Å². The van der Waals surface area contributed by atoms with Crippen LogP contribution in [0.3, 0.4) is 0 Å². The Kier molecular flexibility index (Phi) is 6.78. The summed E-state index contributed by atoms with van der Waals surface area (Å²) >= 11 is 2.19. The van der Waals surface area contributed by atoms with Crippen LogP contribution in [0.15, 0.2) is 4.99 Å². The van der Waals surface area contributed by atoms with Crippen LogP contribution in [0.5, 0.6) is 0 Å². The molecule has 0 saturated carbocycles. The average molecular weight is 217 g/mol. The van der Waals surface area contributed by atoms with Crippen molar-refractivity contribution in [2.24, 2.45) is 4.99 Å².